The van der Waals surface area contributed by atoms with E-state index in [9.17, 15) is 9.18 Å². The quantitative estimate of drug-likeness (QED) is 0.425. The molecular formula is C18H23FO2. The Morgan fingerprint density at radius 3 is 2.52 bits per heavy atom. The van der Waals surface area contributed by atoms with Gasteiger partial charge in [0.05, 0.1) is 0 Å². The third-order valence-corrected chi connectivity index (χ3v) is 3.78. The highest BCUT2D eigenvalue weighted by Gasteiger charge is 2.13. The van der Waals surface area contributed by atoms with E-state index in [2.05, 4.69) is 6.92 Å². The van der Waals surface area contributed by atoms with Crippen molar-refractivity contribution in [1.29, 1.82) is 0 Å². The molecule has 0 aliphatic heterocycles. The number of carbonyl (C=O) groups excluding carboxylic acids is 1. The molecule has 0 amide bonds. The molecule has 21 heavy (non-hydrogen) atoms. The number of halogens is 1. The molecule has 1 aromatic heterocycles. The van der Waals surface area contributed by atoms with Crippen LogP contribution in [0.15, 0.2) is 28.7 Å². The van der Waals surface area contributed by atoms with Crippen LogP contribution in [-0.4, -0.2) is 5.78 Å². The average molecular weight is 290 g/mol. The van der Waals surface area contributed by atoms with Crippen LogP contribution in [0, 0.1) is 5.82 Å². The van der Waals surface area contributed by atoms with E-state index in [1.807, 2.05) is 0 Å². The maximum Gasteiger partial charge on any atom is 0.198 e. The summed E-state index contributed by atoms with van der Waals surface area (Å²) in [5.74, 6) is -0.164. The third-order valence-electron chi connectivity index (χ3n) is 3.78. The first-order valence-corrected chi connectivity index (χ1v) is 7.93. The first-order valence-electron chi connectivity index (χ1n) is 7.93. The third kappa shape index (κ3) is 4.42. The average Bonchev–Trinajstić information content (AvgIpc) is 2.92. The molecule has 1 heterocycles. The van der Waals surface area contributed by atoms with E-state index in [1.54, 1.807) is 18.2 Å². The lowest BCUT2D eigenvalue weighted by molar-refractivity contribution is 0.0954. The number of carbonyl (C=O) groups is 1. The Kier molecular flexibility index (Phi) is 5.97. The van der Waals surface area contributed by atoms with Gasteiger partial charge in [-0.1, -0.05) is 57.6 Å². The molecule has 114 valence electrons. The van der Waals surface area contributed by atoms with E-state index in [0.717, 1.165) is 12.8 Å². The summed E-state index contributed by atoms with van der Waals surface area (Å²) in [6.07, 6.45) is 8.70. The first kappa shape index (κ1) is 15.7. The van der Waals surface area contributed by atoms with Gasteiger partial charge in [-0.2, -0.15) is 0 Å². The number of Topliss-reactive ketones (excluding diaryl/α,β-unsaturated/α-hetero) is 1. The molecule has 0 atom stereocenters. The van der Waals surface area contributed by atoms with Crippen LogP contribution in [0.2, 0.25) is 0 Å². The van der Waals surface area contributed by atoms with Gasteiger partial charge in [-0.3, -0.25) is 4.79 Å². The van der Waals surface area contributed by atoms with Crippen LogP contribution in [0.5, 0.6) is 0 Å². The molecule has 2 nitrogen and oxygen atoms in total. The number of ketones is 1. The zero-order valence-electron chi connectivity index (χ0n) is 12.7. The number of benzene rings is 1. The molecule has 0 bridgehead atoms. The van der Waals surface area contributed by atoms with Gasteiger partial charge in [0.1, 0.15) is 0 Å². The predicted octanol–water partition coefficient (Wildman–Crippen LogP) is 5.90. The van der Waals surface area contributed by atoms with Crippen LogP contribution in [-0.2, 0) is 0 Å². The molecule has 0 aliphatic rings. The number of hydrogen-bond acceptors (Lipinski definition) is 2. The van der Waals surface area contributed by atoms with Gasteiger partial charge in [-0.15, -0.1) is 0 Å². The SMILES string of the molecule is CCCCCCCCCC(=O)c1cc2cccc(F)c2o1. The largest absolute Gasteiger partial charge is 0.450 e. The van der Waals surface area contributed by atoms with Gasteiger partial charge < -0.3 is 4.42 Å². The van der Waals surface area contributed by atoms with E-state index in [-0.39, 0.29) is 17.1 Å². The minimum absolute atomic E-state index is 0.0286. The monoisotopic (exact) mass is 290 g/mol. The maximum absolute atomic E-state index is 13.5. The molecule has 2 rings (SSSR count). The van der Waals surface area contributed by atoms with E-state index in [4.69, 9.17) is 4.42 Å². The second kappa shape index (κ2) is 7.96. The molecule has 0 saturated heterocycles. The van der Waals surface area contributed by atoms with Crippen molar-refractivity contribution in [2.45, 2.75) is 58.3 Å². The molecular weight excluding hydrogens is 267 g/mol. The lowest BCUT2D eigenvalue weighted by Crippen LogP contribution is -1.96. The summed E-state index contributed by atoms with van der Waals surface area (Å²) in [4.78, 5) is 12.0. The van der Waals surface area contributed by atoms with Crippen LogP contribution >= 0.6 is 0 Å². The van der Waals surface area contributed by atoms with Gasteiger partial charge in [0.15, 0.2) is 22.9 Å². The van der Waals surface area contributed by atoms with Crippen molar-refractivity contribution in [2.75, 3.05) is 0 Å². The fraction of sp³-hybridized carbons (Fsp3) is 0.500. The number of unbranched alkanes of at least 4 members (excludes halogenated alkanes) is 6. The number of fused-ring (bicyclic) bond motifs is 1. The number of furan rings is 1. The normalized spacial score (nSPS) is 11.1. The zero-order chi connectivity index (χ0) is 15.1. The molecule has 0 radical (unpaired) electrons. The Morgan fingerprint density at radius 2 is 1.81 bits per heavy atom. The minimum atomic E-state index is -0.414. The van der Waals surface area contributed by atoms with Crippen molar-refractivity contribution in [1.82, 2.24) is 0 Å². The highest BCUT2D eigenvalue weighted by atomic mass is 19.1. The zero-order valence-corrected chi connectivity index (χ0v) is 12.7. The lowest BCUT2D eigenvalue weighted by atomic mass is 10.1. The van der Waals surface area contributed by atoms with Crippen molar-refractivity contribution >= 4 is 16.8 Å². The minimum Gasteiger partial charge on any atom is -0.450 e. The van der Waals surface area contributed by atoms with Crippen molar-refractivity contribution in [3.63, 3.8) is 0 Å². The lowest BCUT2D eigenvalue weighted by Gasteiger charge is -2.00. The Balaban J connectivity index is 1.78. The number of para-hydroxylation sites is 1. The molecule has 3 heteroatoms. The summed E-state index contributed by atoms with van der Waals surface area (Å²) in [7, 11) is 0. The van der Waals surface area contributed by atoms with Crippen LogP contribution in [0.3, 0.4) is 0 Å². The fourth-order valence-corrected chi connectivity index (χ4v) is 2.53. The topological polar surface area (TPSA) is 30.2 Å². The van der Waals surface area contributed by atoms with Crippen LogP contribution in [0.1, 0.15) is 68.8 Å². The van der Waals surface area contributed by atoms with E-state index in [1.165, 1.54) is 38.2 Å². The summed E-state index contributed by atoms with van der Waals surface area (Å²) < 4.78 is 18.9. The maximum atomic E-state index is 13.5. The second-order valence-corrected chi connectivity index (χ2v) is 5.56. The van der Waals surface area contributed by atoms with Crippen molar-refractivity contribution in [2.24, 2.45) is 0 Å². The van der Waals surface area contributed by atoms with Gasteiger partial charge in [0, 0.05) is 11.8 Å². The molecule has 2 aromatic rings. The Morgan fingerprint density at radius 1 is 1.10 bits per heavy atom. The van der Waals surface area contributed by atoms with Gasteiger partial charge in [0.2, 0.25) is 0 Å². The highest BCUT2D eigenvalue weighted by Crippen LogP contribution is 2.23. The summed E-state index contributed by atoms with van der Waals surface area (Å²) in [5.41, 5.74) is 0.181. The standard InChI is InChI=1S/C18H23FO2/c1-2-3-4-5-6-7-8-12-16(20)17-13-14-10-9-11-15(19)18(14)21-17/h9-11,13H,2-8,12H2,1H3. The summed E-state index contributed by atoms with van der Waals surface area (Å²) in [6.45, 7) is 2.20. The fourth-order valence-electron chi connectivity index (χ4n) is 2.53. The van der Waals surface area contributed by atoms with Gasteiger partial charge >= 0.3 is 0 Å². The van der Waals surface area contributed by atoms with E-state index < -0.39 is 5.82 Å². The number of hydrogen-bond donors (Lipinski definition) is 0. The Bertz CT molecular complexity index is 586. The van der Waals surface area contributed by atoms with E-state index in [0.29, 0.717) is 11.8 Å². The summed E-state index contributed by atoms with van der Waals surface area (Å²) in [5, 5.41) is 0.651. The Labute approximate surface area is 125 Å². The second-order valence-electron chi connectivity index (χ2n) is 5.56. The molecule has 0 N–H and O–H groups in total. The molecule has 0 fully saturated rings. The molecule has 0 saturated carbocycles. The molecule has 1 aromatic carbocycles. The van der Waals surface area contributed by atoms with Crippen molar-refractivity contribution in [3.8, 4) is 0 Å². The summed E-state index contributed by atoms with van der Waals surface area (Å²) >= 11 is 0. The van der Waals surface area contributed by atoms with Crippen molar-refractivity contribution in [3.05, 3.63) is 35.8 Å². The Hall–Kier alpha value is -1.64. The van der Waals surface area contributed by atoms with Crippen LogP contribution in [0.4, 0.5) is 4.39 Å². The molecule has 0 spiro atoms. The summed E-state index contributed by atoms with van der Waals surface area (Å²) in [6, 6.07) is 6.36. The van der Waals surface area contributed by atoms with Gasteiger partial charge in [-0.05, 0) is 18.6 Å². The van der Waals surface area contributed by atoms with Crippen molar-refractivity contribution < 1.29 is 13.6 Å². The smallest absolute Gasteiger partial charge is 0.198 e. The predicted molar refractivity (Wildman–Crippen MR) is 83.1 cm³/mol. The highest BCUT2D eigenvalue weighted by molar-refractivity contribution is 5.97. The van der Waals surface area contributed by atoms with E-state index >= 15 is 0 Å². The van der Waals surface area contributed by atoms with Crippen LogP contribution < -0.4 is 0 Å². The van der Waals surface area contributed by atoms with Gasteiger partial charge in [-0.25, -0.2) is 4.39 Å². The van der Waals surface area contributed by atoms with Crippen LogP contribution in [0.25, 0.3) is 11.0 Å². The molecule has 0 aliphatic carbocycles. The molecule has 0 unspecified atom stereocenters. The first-order chi connectivity index (χ1) is 10.2. The number of rotatable bonds is 9. The van der Waals surface area contributed by atoms with Gasteiger partial charge in [0.25, 0.3) is 0 Å².